The Bertz CT molecular complexity index is 1170. The van der Waals surface area contributed by atoms with Crippen molar-refractivity contribution < 1.29 is 39.4 Å². The van der Waals surface area contributed by atoms with E-state index in [2.05, 4.69) is 9.97 Å². The number of hydrogen-bond donors (Lipinski definition) is 4. The van der Waals surface area contributed by atoms with Crippen molar-refractivity contribution in [2.45, 2.75) is 30.7 Å². The number of methoxy groups -OCH3 is 2. The van der Waals surface area contributed by atoms with Gasteiger partial charge in [0, 0.05) is 0 Å². The van der Waals surface area contributed by atoms with Gasteiger partial charge in [0.25, 0.3) is 0 Å². The van der Waals surface area contributed by atoms with Crippen LogP contribution in [-0.4, -0.2) is 81.9 Å². The van der Waals surface area contributed by atoms with Crippen molar-refractivity contribution >= 4 is 24.3 Å². The third-order valence-electron chi connectivity index (χ3n) is 5.94. The van der Waals surface area contributed by atoms with Gasteiger partial charge in [0.05, 0.1) is 32.2 Å². The SMILES string of the molecule is COc1ccc(/C=C/c2cc(/C=C/c3ccc(OC)cc3)nc(O[C@@H]3O[C@H](CO)[C@@H](O)[C@H](O)[C@H]3O)n2)cc1. The van der Waals surface area contributed by atoms with Crippen LogP contribution in [0.3, 0.4) is 0 Å². The molecule has 0 spiro atoms. The molecule has 1 saturated heterocycles. The van der Waals surface area contributed by atoms with E-state index in [0.717, 1.165) is 22.6 Å². The molecule has 5 atom stereocenters. The summed E-state index contributed by atoms with van der Waals surface area (Å²) in [4.78, 5) is 8.78. The van der Waals surface area contributed by atoms with Gasteiger partial charge in [-0.15, -0.1) is 0 Å². The van der Waals surface area contributed by atoms with E-state index in [9.17, 15) is 20.4 Å². The fraction of sp³-hybridized carbons (Fsp3) is 0.286. The van der Waals surface area contributed by atoms with E-state index >= 15 is 0 Å². The summed E-state index contributed by atoms with van der Waals surface area (Å²) in [5.41, 5.74) is 2.84. The molecule has 2 heterocycles. The normalized spacial score (nSPS) is 23.6. The first kappa shape index (κ1) is 27.2. The van der Waals surface area contributed by atoms with Gasteiger partial charge in [-0.1, -0.05) is 36.4 Å². The van der Waals surface area contributed by atoms with Gasteiger partial charge in [-0.2, -0.15) is 9.97 Å². The van der Waals surface area contributed by atoms with Crippen LogP contribution in [0.2, 0.25) is 0 Å². The molecule has 0 saturated carbocycles. The highest BCUT2D eigenvalue weighted by Gasteiger charge is 2.45. The Morgan fingerprint density at radius 2 is 1.24 bits per heavy atom. The standard InChI is InChI=1S/C28H30N2O8/c1-35-21-11-5-17(6-12-21)3-9-19-15-20(10-4-18-7-13-22(36-2)14-8-18)30-28(29-19)38-27-26(34)25(33)24(32)23(16-31)37-27/h3-15,23-27,31-34H,16H2,1-2H3/b9-3+,10-4+/t23-,24-,25+,26-,27+/m1/s1. The van der Waals surface area contributed by atoms with E-state index < -0.39 is 37.3 Å². The van der Waals surface area contributed by atoms with Crippen LogP contribution in [0.5, 0.6) is 17.5 Å². The first-order chi connectivity index (χ1) is 18.4. The third kappa shape index (κ3) is 6.74. The average molecular weight is 523 g/mol. The largest absolute Gasteiger partial charge is 0.497 e. The minimum absolute atomic E-state index is 0.124. The lowest BCUT2D eigenvalue weighted by Gasteiger charge is -2.39. The molecule has 0 amide bonds. The van der Waals surface area contributed by atoms with E-state index in [4.69, 9.17) is 18.9 Å². The van der Waals surface area contributed by atoms with Crippen LogP contribution in [0.25, 0.3) is 24.3 Å². The number of aromatic nitrogens is 2. The number of aliphatic hydroxyl groups excluding tert-OH is 4. The minimum Gasteiger partial charge on any atom is -0.497 e. The first-order valence-corrected chi connectivity index (χ1v) is 11.9. The summed E-state index contributed by atoms with van der Waals surface area (Å²) in [6.07, 6.45) is 0.0510. The molecule has 1 fully saturated rings. The van der Waals surface area contributed by atoms with Gasteiger partial charge in [0.15, 0.2) is 0 Å². The second kappa shape index (κ2) is 12.6. The molecule has 200 valence electrons. The third-order valence-corrected chi connectivity index (χ3v) is 5.94. The van der Waals surface area contributed by atoms with E-state index in [1.54, 1.807) is 32.4 Å². The zero-order valence-electron chi connectivity index (χ0n) is 20.9. The van der Waals surface area contributed by atoms with Crippen LogP contribution in [0.4, 0.5) is 0 Å². The Hall–Kier alpha value is -3.80. The van der Waals surface area contributed by atoms with Crippen molar-refractivity contribution in [2.24, 2.45) is 0 Å². The molecular weight excluding hydrogens is 492 g/mol. The maximum absolute atomic E-state index is 10.4. The number of hydrogen-bond acceptors (Lipinski definition) is 10. The first-order valence-electron chi connectivity index (χ1n) is 11.9. The molecule has 0 unspecified atom stereocenters. The second-order valence-corrected chi connectivity index (χ2v) is 8.53. The molecule has 2 aromatic carbocycles. The molecule has 0 bridgehead atoms. The van der Waals surface area contributed by atoms with Gasteiger partial charge >= 0.3 is 6.01 Å². The van der Waals surface area contributed by atoms with Crippen molar-refractivity contribution in [3.63, 3.8) is 0 Å². The maximum atomic E-state index is 10.4. The van der Waals surface area contributed by atoms with E-state index in [1.807, 2.05) is 60.7 Å². The van der Waals surface area contributed by atoms with E-state index in [-0.39, 0.29) is 6.01 Å². The number of nitrogens with zero attached hydrogens (tertiary/aromatic N) is 2. The van der Waals surface area contributed by atoms with Gasteiger partial charge < -0.3 is 39.4 Å². The fourth-order valence-electron chi connectivity index (χ4n) is 3.75. The number of rotatable bonds is 9. The predicted octanol–water partition coefficient (Wildman–Crippen LogP) is 2.01. The van der Waals surface area contributed by atoms with Crippen LogP contribution in [0.15, 0.2) is 54.6 Å². The fourth-order valence-corrected chi connectivity index (χ4v) is 3.75. The molecule has 10 heteroatoms. The molecule has 1 aromatic heterocycles. The van der Waals surface area contributed by atoms with Crippen molar-refractivity contribution in [1.82, 2.24) is 9.97 Å². The van der Waals surface area contributed by atoms with Crippen molar-refractivity contribution in [3.8, 4) is 17.5 Å². The summed E-state index contributed by atoms with van der Waals surface area (Å²) in [5.74, 6) is 1.48. The lowest BCUT2D eigenvalue weighted by atomic mass is 9.99. The lowest BCUT2D eigenvalue weighted by Crippen LogP contribution is -2.60. The van der Waals surface area contributed by atoms with Gasteiger partial charge in [-0.3, -0.25) is 0 Å². The summed E-state index contributed by atoms with van der Waals surface area (Å²) in [7, 11) is 3.20. The summed E-state index contributed by atoms with van der Waals surface area (Å²) >= 11 is 0. The molecule has 38 heavy (non-hydrogen) atoms. The van der Waals surface area contributed by atoms with Crippen molar-refractivity contribution in [2.75, 3.05) is 20.8 Å². The average Bonchev–Trinajstić information content (AvgIpc) is 2.95. The molecule has 10 nitrogen and oxygen atoms in total. The minimum atomic E-state index is -1.59. The maximum Gasteiger partial charge on any atom is 0.319 e. The number of aliphatic hydroxyl groups is 4. The molecule has 3 aromatic rings. The highest BCUT2D eigenvalue weighted by atomic mass is 16.7. The zero-order chi connectivity index (χ0) is 27.1. The van der Waals surface area contributed by atoms with Crippen LogP contribution < -0.4 is 14.2 Å². The Kier molecular flexibility index (Phi) is 9.06. The van der Waals surface area contributed by atoms with Crippen molar-refractivity contribution in [3.05, 3.63) is 77.1 Å². The number of ether oxygens (including phenoxy) is 4. The van der Waals surface area contributed by atoms with Crippen LogP contribution in [0, 0.1) is 0 Å². The van der Waals surface area contributed by atoms with Crippen LogP contribution in [-0.2, 0) is 4.74 Å². The van der Waals surface area contributed by atoms with E-state index in [0.29, 0.717) is 11.4 Å². The summed E-state index contributed by atoms with van der Waals surface area (Å²) in [6, 6.07) is 16.6. The van der Waals surface area contributed by atoms with Gasteiger partial charge in [-0.25, -0.2) is 0 Å². The Morgan fingerprint density at radius 1 is 0.737 bits per heavy atom. The molecule has 4 rings (SSSR count). The quantitative estimate of drug-likeness (QED) is 0.329. The Balaban J connectivity index is 1.62. The molecule has 0 aliphatic carbocycles. The van der Waals surface area contributed by atoms with Gasteiger partial charge in [-0.05, 0) is 53.6 Å². The second-order valence-electron chi connectivity index (χ2n) is 8.53. The van der Waals surface area contributed by atoms with Crippen molar-refractivity contribution in [1.29, 1.82) is 0 Å². The van der Waals surface area contributed by atoms with Gasteiger partial charge in [0.2, 0.25) is 6.29 Å². The Morgan fingerprint density at radius 3 is 1.68 bits per heavy atom. The molecule has 4 N–H and O–H groups in total. The van der Waals surface area contributed by atoms with Gasteiger partial charge in [0.1, 0.15) is 35.9 Å². The molecular formula is C28H30N2O8. The smallest absolute Gasteiger partial charge is 0.319 e. The molecule has 0 radical (unpaired) electrons. The molecule has 1 aliphatic heterocycles. The summed E-state index contributed by atoms with van der Waals surface area (Å²) in [6.45, 7) is -0.577. The highest BCUT2D eigenvalue weighted by molar-refractivity contribution is 5.72. The monoisotopic (exact) mass is 522 g/mol. The topological polar surface area (TPSA) is 144 Å². The highest BCUT2D eigenvalue weighted by Crippen LogP contribution is 2.24. The molecule has 1 aliphatic rings. The van der Waals surface area contributed by atoms with E-state index in [1.165, 1.54) is 0 Å². The zero-order valence-corrected chi connectivity index (χ0v) is 20.9. The lowest BCUT2D eigenvalue weighted by molar-refractivity contribution is -0.278. The van der Waals surface area contributed by atoms with Crippen LogP contribution in [0.1, 0.15) is 22.5 Å². The summed E-state index contributed by atoms with van der Waals surface area (Å²) in [5, 5.41) is 40.0. The number of benzene rings is 2. The Labute approximate surface area is 220 Å². The van der Waals surface area contributed by atoms with Crippen LogP contribution >= 0.6 is 0 Å². The predicted molar refractivity (Wildman–Crippen MR) is 140 cm³/mol. The summed E-state index contributed by atoms with van der Waals surface area (Å²) < 4.78 is 21.5.